The maximum atomic E-state index is 5.98. The molecule has 3 heteroatoms. The Morgan fingerprint density at radius 3 is 2.67 bits per heavy atom. The maximum Gasteiger partial charge on any atom is 0.189 e. The molecule has 15 heavy (non-hydrogen) atoms. The van der Waals surface area contributed by atoms with Gasteiger partial charge in [0.2, 0.25) is 0 Å². The number of hydrogen-bond donors (Lipinski definition) is 1. The van der Waals surface area contributed by atoms with Crippen molar-refractivity contribution in [2.24, 2.45) is 5.73 Å². The second kappa shape index (κ2) is 6.43. The van der Waals surface area contributed by atoms with Gasteiger partial charge < -0.3 is 15.2 Å². The van der Waals surface area contributed by atoms with Gasteiger partial charge in [-0.2, -0.15) is 0 Å². The zero-order chi connectivity index (χ0) is 11.1. The molecule has 0 spiro atoms. The van der Waals surface area contributed by atoms with Crippen molar-refractivity contribution in [2.45, 2.75) is 26.3 Å². The molecule has 1 unspecified atom stereocenters. The molecule has 2 N–H and O–H groups in total. The summed E-state index contributed by atoms with van der Waals surface area (Å²) < 4.78 is 10.6. The van der Waals surface area contributed by atoms with Crippen molar-refractivity contribution < 1.29 is 9.47 Å². The van der Waals surface area contributed by atoms with E-state index in [2.05, 4.69) is 6.92 Å². The molecule has 0 heterocycles. The summed E-state index contributed by atoms with van der Waals surface area (Å²) in [6, 6.07) is 7.85. The van der Waals surface area contributed by atoms with Gasteiger partial charge in [0.1, 0.15) is 5.75 Å². The van der Waals surface area contributed by atoms with Crippen LogP contribution >= 0.6 is 0 Å². The standard InChI is InChI=1S/C12H19NO2/c1-3-11(13)10-7-5-6-8-12(10)15-9-14-4-2/h5-8,11H,3-4,9,13H2,1-2H3. The van der Waals surface area contributed by atoms with E-state index in [0.717, 1.165) is 17.7 Å². The molecule has 3 nitrogen and oxygen atoms in total. The van der Waals surface area contributed by atoms with Crippen molar-refractivity contribution in [2.75, 3.05) is 13.4 Å². The quantitative estimate of drug-likeness (QED) is 0.578. The Kier molecular flexibility index (Phi) is 5.15. The molecular formula is C12H19NO2. The number of ether oxygens (including phenoxy) is 2. The molecule has 0 aromatic heterocycles. The predicted molar refractivity (Wildman–Crippen MR) is 60.8 cm³/mol. The molecule has 84 valence electrons. The van der Waals surface area contributed by atoms with Gasteiger partial charge in [-0.3, -0.25) is 0 Å². The van der Waals surface area contributed by atoms with Crippen molar-refractivity contribution >= 4 is 0 Å². The number of hydrogen-bond acceptors (Lipinski definition) is 3. The Balaban J connectivity index is 2.68. The van der Waals surface area contributed by atoms with E-state index in [4.69, 9.17) is 15.2 Å². The summed E-state index contributed by atoms with van der Waals surface area (Å²) in [7, 11) is 0. The minimum Gasteiger partial charge on any atom is -0.467 e. The van der Waals surface area contributed by atoms with Crippen LogP contribution in [0.5, 0.6) is 5.75 Å². The van der Waals surface area contributed by atoms with Crippen LogP contribution in [0.3, 0.4) is 0 Å². The number of nitrogens with two attached hydrogens (primary N) is 1. The van der Waals surface area contributed by atoms with Gasteiger partial charge in [0.25, 0.3) is 0 Å². The van der Waals surface area contributed by atoms with E-state index >= 15 is 0 Å². The molecule has 0 aliphatic rings. The van der Waals surface area contributed by atoms with E-state index in [9.17, 15) is 0 Å². The molecule has 0 aliphatic carbocycles. The lowest BCUT2D eigenvalue weighted by Crippen LogP contribution is -2.12. The van der Waals surface area contributed by atoms with Crippen LogP contribution in [-0.4, -0.2) is 13.4 Å². The highest BCUT2D eigenvalue weighted by Crippen LogP contribution is 2.25. The van der Waals surface area contributed by atoms with E-state index in [1.807, 2.05) is 31.2 Å². The number of benzene rings is 1. The lowest BCUT2D eigenvalue weighted by atomic mass is 10.0. The first-order chi connectivity index (χ1) is 7.29. The smallest absolute Gasteiger partial charge is 0.189 e. The maximum absolute atomic E-state index is 5.98. The van der Waals surface area contributed by atoms with Crippen molar-refractivity contribution in [3.63, 3.8) is 0 Å². The summed E-state index contributed by atoms with van der Waals surface area (Å²) in [6.07, 6.45) is 0.898. The van der Waals surface area contributed by atoms with Gasteiger partial charge in [-0.1, -0.05) is 25.1 Å². The average Bonchev–Trinajstić information content (AvgIpc) is 2.29. The van der Waals surface area contributed by atoms with Gasteiger partial charge in [-0.05, 0) is 19.4 Å². The van der Waals surface area contributed by atoms with Gasteiger partial charge in [-0.25, -0.2) is 0 Å². The van der Waals surface area contributed by atoms with Crippen molar-refractivity contribution in [3.8, 4) is 5.75 Å². The number of para-hydroxylation sites is 1. The highest BCUT2D eigenvalue weighted by atomic mass is 16.7. The third-order valence-corrected chi connectivity index (χ3v) is 2.26. The minimum absolute atomic E-state index is 0.0304. The zero-order valence-electron chi connectivity index (χ0n) is 9.40. The predicted octanol–water partition coefficient (Wildman–Crippen LogP) is 2.47. The Morgan fingerprint density at radius 2 is 2.00 bits per heavy atom. The van der Waals surface area contributed by atoms with E-state index in [1.54, 1.807) is 0 Å². The third-order valence-electron chi connectivity index (χ3n) is 2.26. The molecule has 0 fully saturated rings. The van der Waals surface area contributed by atoms with E-state index < -0.39 is 0 Å². The van der Waals surface area contributed by atoms with Crippen LogP contribution < -0.4 is 10.5 Å². The first-order valence-corrected chi connectivity index (χ1v) is 5.34. The fraction of sp³-hybridized carbons (Fsp3) is 0.500. The van der Waals surface area contributed by atoms with Crippen LogP contribution in [0.1, 0.15) is 31.9 Å². The van der Waals surface area contributed by atoms with Gasteiger partial charge >= 0.3 is 0 Å². The fourth-order valence-electron chi connectivity index (χ4n) is 1.33. The lowest BCUT2D eigenvalue weighted by molar-refractivity contribution is 0.0216. The van der Waals surface area contributed by atoms with Gasteiger partial charge in [0.15, 0.2) is 6.79 Å². The van der Waals surface area contributed by atoms with Gasteiger partial charge in [0.05, 0.1) is 0 Å². The SMILES string of the molecule is CCOCOc1ccccc1C(N)CC. The topological polar surface area (TPSA) is 44.5 Å². The first kappa shape index (κ1) is 12.0. The Morgan fingerprint density at radius 1 is 1.27 bits per heavy atom. The van der Waals surface area contributed by atoms with Crippen molar-refractivity contribution in [3.05, 3.63) is 29.8 Å². The highest BCUT2D eigenvalue weighted by molar-refractivity contribution is 5.35. The average molecular weight is 209 g/mol. The molecule has 1 rings (SSSR count). The zero-order valence-corrected chi connectivity index (χ0v) is 9.40. The first-order valence-electron chi connectivity index (χ1n) is 5.34. The molecule has 0 bridgehead atoms. The Hall–Kier alpha value is -1.06. The largest absolute Gasteiger partial charge is 0.467 e. The van der Waals surface area contributed by atoms with Gasteiger partial charge in [0, 0.05) is 18.2 Å². The van der Waals surface area contributed by atoms with Crippen LogP contribution in [0.4, 0.5) is 0 Å². The number of rotatable bonds is 6. The molecule has 0 radical (unpaired) electrons. The normalized spacial score (nSPS) is 12.5. The van der Waals surface area contributed by atoms with Crippen LogP contribution in [-0.2, 0) is 4.74 Å². The van der Waals surface area contributed by atoms with Crippen LogP contribution in [0.25, 0.3) is 0 Å². The van der Waals surface area contributed by atoms with E-state index in [1.165, 1.54) is 0 Å². The molecule has 0 aliphatic heterocycles. The molecule has 0 saturated carbocycles. The second-order valence-corrected chi connectivity index (χ2v) is 3.31. The van der Waals surface area contributed by atoms with Crippen molar-refractivity contribution in [1.29, 1.82) is 0 Å². The molecular weight excluding hydrogens is 190 g/mol. The molecule has 1 aromatic carbocycles. The Bertz CT molecular complexity index is 289. The van der Waals surface area contributed by atoms with Crippen LogP contribution in [0.2, 0.25) is 0 Å². The van der Waals surface area contributed by atoms with E-state index in [-0.39, 0.29) is 12.8 Å². The molecule has 0 saturated heterocycles. The Labute approximate surface area is 91.2 Å². The van der Waals surface area contributed by atoms with Crippen molar-refractivity contribution in [1.82, 2.24) is 0 Å². The summed E-state index contributed by atoms with van der Waals surface area (Å²) in [5, 5.41) is 0. The summed E-state index contributed by atoms with van der Waals surface area (Å²) in [5.41, 5.74) is 7.02. The highest BCUT2D eigenvalue weighted by Gasteiger charge is 2.09. The van der Waals surface area contributed by atoms with Gasteiger partial charge in [-0.15, -0.1) is 0 Å². The summed E-state index contributed by atoms with van der Waals surface area (Å²) in [4.78, 5) is 0. The molecule has 1 aromatic rings. The monoisotopic (exact) mass is 209 g/mol. The third kappa shape index (κ3) is 3.53. The summed E-state index contributed by atoms with van der Waals surface area (Å²) in [6.45, 7) is 4.93. The summed E-state index contributed by atoms with van der Waals surface area (Å²) in [5.74, 6) is 0.820. The lowest BCUT2D eigenvalue weighted by Gasteiger charge is -2.15. The summed E-state index contributed by atoms with van der Waals surface area (Å²) >= 11 is 0. The fourth-order valence-corrected chi connectivity index (χ4v) is 1.33. The second-order valence-electron chi connectivity index (χ2n) is 3.31. The molecule has 1 atom stereocenters. The van der Waals surface area contributed by atoms with Crippen LogP contribution in [0.15, 0.2) is 24.3 Å². The minimum atomic E-state index is 0.0304. The van der Waals surface area contributed by atoms with E-state index in [0.29, 0.717) is 6.61 Å². The molecule has 0 amide bonds. The van der Waals surface area contributed by atoms with Crippen LogP contribution in [0, 0.1) is 0 Å².